The number of hydrogen-bond acceptors (Lipinski definition) is 8. The minimum Gasteiger partial charge on any atom is -0.453 e. The monoisotopic (exact) mass is 674 g/mol. The fourth-order valence-electron chi connectivity index (χ4n) is 5.75. The summed E-state index contributed by atoms with van der Waals surface area (Å²) in [5, 5.41) is 6.12. The average molecular weight is 675 g/mol. The Morgan fingerprint density at radius 1 is 0.413 bits per heavy atom. The Labute approximate surface area is 274 Å². The van der Waals surface area contributed by atoms with Crippen LogP contribution in [0.5, 0.6) is 0 Å². The SMILES string of the molecule is Fc1ccc2sc(-c3ccc(-c4cc5cc6cc7sc(-c8ccc(-c9nc%10cc(F)ccc%10s9)o8)cc7cc6cc5s4)o3)nc2c1. The Kier molecular flexibility index (Phi) is 5.69. The van der Waals surface area contributed by atoms with E-state index >= 15 is 0 Å². The zero-order valence-electron chi connectivity index (χ0n) is 23.3. The first-order valence-electron chi connectivity index (χ1n) is 14.2. The lowest BCUT2D eigenvalue weighted by atomic mass is 10.1. The predicted octanol–water partition coefficient (Wildman–Crippen LogP) is 12.6. The van der Waals surface area contributed by atoms with Gasteiger partial charge in [0.25, 0.3) is 0 Å². The van der Waals surface area contributed by atoms with E-state index in [1.54, 1.807) is 34.8 Å². The summed E-state index contributed by atoms with van der Waals surface area (Å²) in [6, 6.07) is 30.4. The van der Waals surface area contributed by atoms with Crippen molar-refractivity contribution in [3.05, 3.63) is 109 Å². The molecule has 220 valence electrons. The van der Waals surface area contributed by atoms with Crippen molar-refractivity contribution in [2.75, 3.05) is 0 Å². The molecular weight excluding hydrogens is 659 g/mol. The zero-order valence-corrected chi connectivity index (χ0v) is 26.6. The summed E-state index contributed by atoms with van der Waals surface area (Å²) in [5.41, 5.74) is 1.27. The van der Waals surface area contributed by atoms with Crippen LogP contribution in [0, 0.1) is 11.6 Å². The quantitative estimate of drug-likeness (QED) is 0.186. The van der Waals surface area contributed by atoms with E-state index in [-0.39, 0.29) is 11.6 Å². The van der Waals surface area contributed by atoms with E-state index in [1.807, 2.05) is 24.3 Å². The van der Waals surface area contributed by atoms with Gasteiger partial charge in [0.15, 0.2) is 21.5 Å². The number of nitrogens with zero attached hydrogens (tertiary/aromatic N) is 2. The van der Waals surface area contributed by atoms with Gasteiger partial charge in [-0.05, 0) is 106 Å². The number of rotatable bonds is 4. The highest BCUT2D eigenvalue weighted by molar-refractivity contribution is 7.23. The predicted molar refractivity (Wildman–Crippen MR) is 187 cm³/mol. The summed E-state index contributed by atoms with van der Waals surface area (Å²) >= 11 is 6.36. The van der Waals surface area contributed by atoms with Gasteiger partial charge in [0, 0.05) is 21.5 Å². The summed E-state index contributed by atoms with van der Waals surface area (Å²) in [4.78, 5) is 11.2. The third-order valence-electron chi connectivity index (χ3n) is 7.93. The third-order valence-corrected chi connectivity index (χ3v) is 12.3. The normalized spacial score (nSPS) is 12.1. The van der Waals surface area contributed by atoms with Gasteiger partial charge in [-0.15, -0.1) is 45.3 Å². The van der Waals surface area contributed by atoms with Gasteiger partial charge in [-0.25, -0.2) is 18.7 Å². The number of fused-ring (bicyclic) bond motifs is 5. The van der Waals surface area contributed by atoms with Gasteiger partial charge in [-0.2, -0.15) is 0 Å². The van der Waals surface area contributed by atoms with Crippen molar-refractivity contribution in [1.82, 2.24) is 9.97 Å². The van der Waals surface area contributed by atoms with Crippen molar-refractivity contribution in [3.8, 4) is 42.8 Å². The highest BCUT2D eigenvalue weighted by atomic mass is 32.1. The Hall–Kier alpha value is -4.74. The number of furan rings is 2. The maximum absolute atomic E-state index is 13.7. The summed E-state index contributed by atoms with van der Waals surface area (Å²) in [6.45, 7) is 0. The second kappa shape index (κ2) is 9.88. The molecule has 0 N–H and O–H groups in total. The number of halogens is 2. The van der Waals surface area contributed by atoms with Gasteiger partial charge in [0.1, 0.15) is 23.2 Å². The number of thiazole rings is 2. The molecule has 0 atom stereocenters. The smallest absolute Gasteiger partial charge is 0.163 e. The molecule has 10 rings (SSSR count). The third kappa shape index (κ3) is 4.33. The summed E-state index contributed by atoms with van der Waals surface area (Å²) in [7, 11) is 0. The first kappa shape index (κ1) is 26.5. The van der Waals surface area contributed by atoms with Crippen LogP contribution in [0.3, 0.4) is 0 Å². The molecule has 10 aromatic rings. The molecule has 0 fully saturated rings. The standard InChI is InChI=1S/C36H16F2N2O2S4/c37-21-1-7-29-23(15-21)39-35(45-29)27-5-3-25(41-27)33-13-19-9-17-12-32-20(10-18(17)11-31(19)43-33)14-34(44-32)26-4-6-28(42-26)36-40-24-16-22(38)2-8-30(24)46-36/h1-16H. The Morgan fingerprint density at radius 3 is 1.35 bits per heavy atom. The zero-order chi connectivity index (χ0) is 30.5. The van der Waals surface area contributed by atoms with Crippen LogP contribution in [0.2, 0.25) is 0 Å². The van der Waals surface area contributed by atoms with Crippen LogP contribution in [-0.2, 0) is 0 Å². The van der Waals surface area contributed by atoms with Crippen LogP contribution in [0.25, 0.3) is 94.2 Å². The second-order valence-corrected chi connectivity index (χ2v) is 15.2. The van der Waals surface area contributed by atoms with Gasteiger partial charge in [-0.1, -0.05) is 0 Å². The molecule has 4 nitrogen and oxygen atoms in total. The van der Waals surface area contributed by atoms with Crippen molar-refractivity contribution in [1.29, 1.82) is 0 Å². The minimum absolute atomic E-state index is 0.296. The second-order valence-electron chi connectivity index (χ2n) is 10.9. The molecule has 46 heavy (non-hydrogen) atoms. The van der Waals surface area contributed by atoms with Crippen molar-refractivity contribution in [2.45, 2.75) is 0 Å². The molecule has 0 bridgehead atoms. The maximum atomic E-state index is 13.7. The molecule has 10 heteroatoms. The molecular formula is C36H16F2N2O2S4. The molecule has 0 spiro atoms. The number of hydrogen-bond donors (Lipinski definition) is 0. The van der Waals surface area contributed by atoms with E-state index < -0.39 is 0 Å². The number of aromatic nitrogens is 2. The van der Waals surface area contributed by atoms with E-state index in [9.17, 15) is 8.78 Å². The van der Waals surface area contributed by atoms with E-state index in [0.717, 1.165) is 51.5 Å². The molecule has 6 heterocycles. The topological polar surface area (TPSA) is 52.1 Å². The Bertz CT molecular complexity index is 2560. The van der Waals surface area contributed by atoms with Crippen LogP contribution < -0.4 is 0 Å². The van der Waals surface area contributed by atoms with E-state index in [1.165, 1.54) is 67.1 Å². The van der Waals surface area contributed by atoms with Gasteiger partial charge in [0.2, 0.25) is 0 Å². The van der Waals surface area contributed by atoms with Crippen LogP contribution >= 0.6 is 45.3 Å². The van der Waals surface area contributed by atoms with E-state index in [0.29, 0.717) is 22.6 Å². The maximum Gasteiger partial charge on any atom is 0.163 e. The molecule has 4 aromatic carbocycles. The molecule has 0 aliphatic carbocycles. The van der Waals surface area contributed by atoms with Crippen LogP contribution in [0.15, 0.2) is 106 Å². The fourth-order valence-corrected chi connectivity index (χ4v) is 9.67. The minimum atomic E-state index is -0.296. The Morgan fingerprint density at radius 2 is 0.870 bits per heavy atom. The molecule has 0 aliphatic rings. The molecule has 0 saturated carbocycles. The lowest BCUT2D eigenvalue weighted by molar-refractivity contribution is 0.598. The number of benzene rings is 4. The largest absolute Gasteiger partial charge is 0.453 e. The average Bonchev–Trinajstić information content (AvgIpc) is 3.87. The lowest BCUT2D eigenvalue weighted by Crippen LogP contribution is -1.73. The fraction of sp³-hybridized carbons (Fsp3) is 0. The van der Waals surface area contributed by atoms with Gasteiger partial charge in [-0.3, -0.25) is 0 Å². The highest BCUT2D eigenvalue weighted by Gasteiger charge is 2.17. The molecule has 0 saturated heterocycles. The van der Waals surface area contributed by atoms with Crippen molar-refractivity contribution < 1.29 is 17.6 Å². The van der Waals surface area contributed by atoms with Crippen molar-refractivity contribution >= 4 is 96.7 Å². The Balaban J connectivity index is 0.968. The summed E-state index contributed by atoms with van der Waals surface area (Å²) < 4.78 is 44.0. The number of thiophene rings is 2. The molecule has 0 aliphatic heterocycles. The van der Waals surface area contributed by atoms with Crippen LogP contribution in [0.4, 0.5) is 8.78 Å². The van der Waals surface area contributed by atoms with Gasteiger partial charge >= 0.3 is 0 Å². The molecule has 6 aromatic heterocycles. The van der Waals surface area contributed by atoms with Crippen LogP contribution in [0.1, 0.15) is 0 Å². The van der Waals surface area contributed by atoms with E-state index in [4.69, 9.17) is 8.83 Å². The lowest BCUT2D eigenvalue weighted by Gasteiger charge is -1.99. The highest BCUT2D eigenvalue weighted by Crippen LogP contribution is 2.42. The van der Waals surface area contributed by atoms with Crippen LogP contribution in [-0.4, -0.2) is 9.97 Å². The molecule has 0 radical (unpaired) electrons. The van der Waals surface area contributed by atoms with Gasteiger partial charge in [0.05, 0.1) is 30.2 Å². The first-order valence-corrected chi connectivity index (χ1v) is 17.5. The van der Waals surface area contributed by atoms with Crippen molar-refractivity contribution in [2.24, 2.45) is 0 Å². The van der Waals surface area contributed by atoms with Crippen molar-refractivity contribution in [3.63, 3.8) is 0 Å². The summed E-state index contributed by atoms with van der Waals surface area (Å²) in [5.74, 6) is 2.33. The van der Waals surface area contributed by atoms with Gasteiger partial charge < -0.3 is 8.83 Å². The summed E-state index contributed by atoms with van der Waals surface area (Å²) in [6.07, 6.45) is 0. The first-order chi connectivity index (χ1) is 22.5. The van der Waals surface area contributed by atoms with E-state index in [2.05, 4.69) is 46.4 Å². The molecule has 0 amide bonds. The molecule has 0 unspecified atom stereocenters.